The molecule has 20 heavy (non-hydrogen) atoms. The number of unbranched alkanes of at least 4 members (excludes halogenated alkanes) is 5. The number of rotatable bonds is 9. The molecule has 0 radical (unpaired) electrons. The van der Waals surface area contributed by atoms with Crippen LogP contribution in [-0.4, -0.2) is 17.0 Å². The first-order valence-corrected chi connectivity index (χ1v) is 7.99. The van der Waals surface area contributed by atoms with Crippen molar-refractivity contribution in [2.75, 3.05) is 5.32 Å². The summed E-state index contributed by atoms with van der Waals surface area (Å²) in [6, 6.07) is 1.72. The van der Waals surface area contributed by atoms with Gasteiger partial charge in [-0.15, -0.1) is 11.3 Å². The van der Waals surface area contributed by atoms with Crippen molar-refractivity contribution >= 4 is 28.2 Å². The number of aromatic carboxylic acids is 1. The molecule has 5 heteroatoms. The Morgan fingerprint density at radius 2 is 1.85 bits per heavy atom. The minimum absolute atomic E-state index is 0.0290. The van der Waals surface area contributed by atoms with Crippen LogP contribution in [0.1, 0.15) is 67.1 Å². The Labute approximate surface area is 124 Å². The van der Waals surface area contributed by atoms with Crippen LogP contribution in [0.5, 0.6) is 0 Å². The molecule has 0 aliphatic rings. The number of thiophene rings is 1. The smallest absolute Gasteiger partial charge is 0.346 e. The molecular weight excluding hydrogens is 274 g/mol. The number of nitrogens with one attached hydrogen (secondary N) is 1. The van der Waals surface area contributed by atoms with Crippen LogP contribution >= 0.6 is 11.3 Å². The molecule has 0 aliphatic carbocycles. The Morgan fingerprint density at radius 1 is 1.20 bits per heavy atom. The van der Waals surface area contributed by atoms with E-state index in [-0.39, 0.29) is 5.91 Å². The third-order valence-corrected chi connectivity index (χ3v) is 4.27. The topological polar surface area (TPSA) is 66.4 Å². The molecule has 0 spiro atoms. The highest BCUT2D eigenvalue weighted by molar-refractivity contribution is 7.18. The minimum atomic E-state index is -0.941. The van der Waals surface area contributed by atoms with E-state index in [2.05, 4.69) is 12.2 Å². The normalized spacial score (nSPS) is 10.5. The minimum Gasteiger partial charge on any atom is -0.477 e. The molecular formula is C15H23NO3S. The Hall–Kier alpha value is -1.36. The van der Waals surface area contributed by atoms with Crippen LogP contribution in [0.2, 0.25) is 0 Å². The summed E-state index contributed by atoms with van der Waals surface area (Å²) in [5.74, 6) is -0.970. The Morgan fingerprint density at radius 3 is 2.45 bits per heavy atom. The van der Waals surface area contributed by atoms with E-state index in [0.29, 0.717) is 21.9 Å². The second-order valence-corrected chi connectivity index (χ2v) is 6.05. The monoisotopic (exact) mass is 297 g/mol. The summed E-state index contributed by atoms with van der Waals surface area (Å²) in [5, 5.41) is 12.4. The molecule has 0 fully saturated rings. The molecule has 1 amide bonds. The van der Waals surface area contributed by atoms with E-state index < -0.39 is 5.97 Å². The Balaban J connectivity index is 2.28. The molecule has 4 nitrogen and oxygen atoms in total. The van der Waals surface area contributed by atoms with Crippen molar-refractivity contribution in [2.24, 2.45) is 0 Å². The maximum Gasteiger partial charge on any atom is 0.346 e. The van der Waals surface area contributed by atoms with Crippen LogP contribution < -0.4 is 5.32 Å². The SMILES string of the molecule is CCCCCCCCC(=O)Nc1cc(C)c(C(=O)O)s1. The van der Waals surface area contributed by atoms with E-state index in [1.54, 1.807) is 13.0 Å². The van der Waals surface area contributed by atoms with Gasteiger partial charge in [-0.05, 0) is 25.0 Å². The summed E-state index contributed by atoms with van der Waals surface area (Å²) in [6.07, 6.45) is 7.39. The molecule has 2 N–H and O–H groups in total. The largest absolute Gasteiger partial charge is 0.477 e. The van der Waals surface area contributed by atoms with Crippen LogP contribution in [0, 0.1) is 6.92 Å². The lowest BCUT2D eigenvalue weighted by atomic mass is 10.1. The lowest BCUT2D eigenvalue weighted by molar-refractivity contribution is -0.116. The average Bonchev–Trinajstić information content (AvgIpc) is 2.74. The second-order valence-electron chi connectivity index (χ2n) is 4.99. The molecule has 0 bridgehead atoms. The summed E-state index contributed by atoms with van der Waals surface area (Å²) in [6.45, 7) is 3.92. The van der Waals surface area contributed by atoms with Gasteiger partial charge in [-0.25, -0.2) is 4.79 Å². The lowest BCUT2D eigenvalue weighted by Gasteiger charge is -2.02. The predicted octanol–water partition coefficient (Wildman–Crippen LogP) is 4.44. The van der Waals surface area contributed by atoms with Crippen LogP contribution in [0.25, 0.3) is 0 Å². The standard InChI is InChI=1S/C15H23NO3S/c1-3-4-5-6-7-8-9-12(17)16-13-10-11(2)14(20-13)15(18)19/h10H,3-9H2,1-2H3,(H,16,17)(H,18,19). The van der Waals surface area contributed by atoms with Gasteiger partial charge in [0.2, 0.25) is 5.91 Å². The summed E-state index contributed by atoms with van der Waals surface area (Å²) in [5.41, 5.74) is 0.692. The number of carbonyl (C=O) groups is 2. The summed E-state index contributed by atoms with van der Waals surface area (Å²) in [4.78, 5) is 22.9. The van der Waals surface area contributed by atoms with Gasteiger partial charge in [0.05, 0.1) is 5.00 Å². The third kappa shape index (κ3) is 5.74. The predicted molar refractivity (Wildman–Crippen MR) is 82.6 cm³/mol. The maximum atomic E-state index is 11.7. The number of hydrogen-bond donors (Lipinski definition) is 2. The molecule has 0 saturated carbocycles. The molecule has 0 aliphatic heterocycles. The maximum absolute atomic E-state index is 11.7. The first-order chi connectivity index (χ1) is 9.54. The van der Waals surface area contributed by atoms with Crippen molar-refractivity contribution < 1.29 is 14.7 Å². The fraction of sp³-hybridized carbons (Fsp3) is 0.600. The number of carbonyl (C=O) groups excluding carboxylic acids is 1. The van der Waals surface area contributed by atoms with E-state index in [1.807, 2.05) is 0 Å². The molecule has 1 aromatic rings. The summed E-state index contributed by atoms with van der Waals surface area (Å²) in [7, 11) is 0. The van der Waals surface area contributed by atoms with Crippen molar-refractivity contribution in [2.45, 2.75) is 58.8 Å². The summed E-state index contributed by atoms with van der Waals surface area (Å²) < 4.78 is 0. The third-order valence-electron chi connectivity index (χ3n) is 3.13. The molecule has 1 rings (SSSR count). The number of carboxylic acid groups (broad SMARTS) is 1. The summed E-state index contributed by atoms with van der Waals surface area (Å²) >= 11 is 1.11. The average molecular weight is 297 g/mol. The van der Waals surface area contributed by atoms with Gasteiger partial charge in [0.25, 0.3) is 0 Å². The van der Waals surface area contributed by atoms with Crippen molar-refractivity contribution in [3.05, 3.63) is 16.5 Å². The van der Waals surface area contributed by atoms with Gasteiger partial charge in [0.15, 0.2) is 0 Å². The highest BCUT2D eigenvalue weighted by atomic mass is 32.1. The first-order valence-electron chi connectivity index (χ1n) is 7.18. The Kier molecular flexibility index (Phi) is 7.30. The van der Waals surface area contributed by atoms with Crippen molar-refractivity contribution in [3.63, 3.8) is 0 Å². The van der Waals surface area contributed by atoms with Gasteiger partial charge < -0.3 is 10.4 Å². The molecule has 112 valence electrons. The van der Waals surface area contributed by atoms with Crippen molar-refractivity contribution in [1.82, 2.24) is 0 Å². The second kappa shape index (κ2) is 8.74. The van der Waals surface area contributed by atoms with Gasteiger partial charge in [0.1, 0.15) is 4.88 Å². The number of carboxylic acids is 1. The molecule has 0 saturated heterocycles. The lowest BCUT2D eigenvalue weighted by Crippen LogP contribution is -2.09. The van der Waals surface area contributed by atoms with E-state index >= 15 is 0 Å². The van der Waals surface area contributed by atoms with Gasteiger partial charge in [0, 0.05) is 6.42 Å². The first kappa shape index (κ1) is 16.7. The number of amides is 1. The van der Waals surface area contributed by atoms with E-state index in [9.17, 15) is 9.59 Å². The molecule has 0 unspecified atom stereocenters. The van der Waals surface area contributed by atoms with Crippen molar-refractivity contribution in [1.29, 1.82) is 0 Å². The van der Waals surface area contributed by atoms with E-state index in [4.69, 9.17) is 5.11 Å². The molecule has 1 aromatic heterocycles. The van der Waals surface area contributed by atoms with Crippen LogP contribution in [-0.2, 0) is 4.79 Å². The Bertz CT molecular complexity index is 454. The molecule has 1 heterocycles. The van der Waals surface area contributed by atoms with Crippen LogP contribution in [0.4, 0.5) is 5.00 Å². The van der Waals surface area contributed by atoms with Gasteiger partial charge >= 0.3 is 5.97 Å². The van der Waals surface area contributed by atoms with Gasteiger partial charge in [-0.1, -0.05) is 39.0 Å². The fourth-order valence-corrected chi connectivity index (χ4v) is 2.95. The number of hydrogen-bond acceptors (Lipinski definition) is 3. The van der Waals surface area contributed by atoms with E-state index in [0.717, 1.165) is 24.2 Å². The molecule has 0 atom stereocenters. The fourth-order valence-electron chi connectivity index (χ4n) is 2.02. The highest BCUT2D eigenvalue weighted by Crippen LogP contribution is 2.26. The molecule has 0 aromatic carbocycles. The van der Waals surface area contributed by atoms with Gasteiger partial charge in [-0.2, -0.15) is 0 Å². The van der Waals surface area contributed by atoms with Gasteiger partial charge in [-0.3, -0.25) is 4.79 Å². The zero-order chi connectivity index (χ0) is 15.0. The number of anilines is 1. The van der Waals surface area contributed by atoms with Crippen LogP contribution in [0.15, 0.2) is 6.07 Å². The quantitative estimate of drug-likeness (QED) is 0.662. The zero-order valence-electron chi connectivity index (χ0n) is 12.2. The zero-order valence-corrected chi connectivity index (χ0v) is 13.0. The van der Waals surface area contributed by atoms with E-state index in [1.165, 1.54) is 25.7 Å². The highest BCUT2D eigenvalue weighted by Gasteiger charge is 2.13. The number of aryl methyl sites for hydroxylation is 1. The van der Waals surface area contributed by atoms with Crippen LogP contribution in [0.3, 0.4) is 0 Å². The van der Waals surface area contributed by atoms with Crippen molar-refractivity contribution in [3.8, 4) is 0 Å².